The number of nitrogens with one attached hydrogen (secondary N) is 1. The highest BCUT2D eigenvalue weighted by Gasteiger charge is 2.12. The lowest BCUT2D eigenvalue weighted by Gasteiger charge is -2.10. The van der Waals surface area contributed by atoms with Crippen LogP contribution in [0.15, 0.2) is 72.9 Å². The Balaban J connectivity index is 1.45. The normalized spacial score (nSPS) is 10.8. The number of carbonyl (C=O) groups is 1. The first kappa shape index (κ1) is 19.6. The molecule has 4 aromatic rings. The summed E-state index contributed by atoms with van der Waals surface area (Å²) >= 11 is 0. The van der Waals surface area contributed by atoms with Gasteiger partial charge >= 0.3 is 0 Å². The predicted octanol–water partition coefficient (Wildman–Crippen LogP) is 3.66. The second-order valence-electron chi connectivity index (χ2n) is 7.00. The smallest absolute Gasteiger partial charge is 0.251 e. The van der Waals surface area contributed by atoms with E-state index >= 15 is 0 Å². The molecule has 152 valence electrons. The van der Waals surface area contributed by atoms with Gasteiger partial charge in [-0.1, -0.05) is 30.3 Å². The average Bonchev–Trinajstić information content (AvgIpc) is 3.16. The van der Waals surface area contributed by atoms with Gasteiger partial charge < -0.3 is 14.6 Å². The molecule has 0 fully saturated rings. The van der Waals surface area contributed by atoms with E-state index in [0.717, 1.165) is 35.6 Å². The Kier molecular flexibility index (Phi) is 6.03. The van der Waals surface area contributed by atoms with Gasteiger partial charge in [0, 0.05) is 31.3 Å². The first-order chi connectivity index (χ1) is 14.7. The summed E-state index contributed by atoms with van der Waals surface area (Å²) in [7, 11) is 1.61. The highest BCUT2D eigenvalue weighted by molar-refractivity contribution is 5.94. The Morgan fingerprint density at radius 2 is 1.80 bits per heavy atom. The molecule has 30 heavy (non-hydrogen) atoms. The number of fused-ring (bicyclic) bond motifs is 1. The lowest BCUT2D eigenvalue weighted by Crippen LogP contribution is -2.27. The van der Waals surface area contributed by atoms with Crippen LogP contribution in [0.5, 0.6) is 5.75 Å². The van der Waals surface area contributed by atoms with Crippen molar-refractivity contribution in [2.45, 2.75) is 19.4 Å². The number of ether oxygens (including phenoxy) is 1. The zero-order valence-corrected chi connectivity index (χ0v) is 16.9. The minimum atomic E-state index is -0.110. The molecule has 6 heteroatoms. The average molecular weight is 400 g/mol. The summed E-state index contributed by atoms with van der Waals surface area (Å²) in [5.41, 5.74) is 3.60. The molecule has 2 aromatic carbocycles. The van der Waals surface area contributed by atoms with Crippen LogP contribution in [-0.4, -0.2) is 34.1 Å². The fourth-order valence-corrected chi connectivity index (χ4v) is 3.46. The predicted molar refractivity (Wildman–Crippen MR) is 117 cm³/mol. The number of aryl methyl sites for hydroxylation is 2. The molecule has 0 spiro atoms. The van der Waals surface area contributed by atoms with E-state index in [9.17, 15) is 4.79 Å². The first-order valence-electron chi connectivity index (χ1n) is 10.0. The fraction of sp³-hybridized carbons (Fsp3) is 0.208. The van der Waals surface area contributed by atoms with Crippen LogP contribution in [0.1, 0.15) is 21.7 Å². The van der Waals surface area contributed by atoms with Gasteiger partial charge in [0.05, 0.1) is 7.11 Å². The number of aromatic nitrogens is 3. The van der Waals surface area contributed by atoms with Gasteiger partial charge in [0.25, 0.3) is 5.91 Å². The van der Waals surface area contributed by atoms with E-state index in [2.05, 4.69) is 39.1 Å². The lowest BCUT2D eigenvalue weighted by molar-refractivity contribution is 0.0952. The number of hydrogen-bond acceptors (Lipinski definition) is 4. The molecule has 0 aliphatic heterocycles. The number of pyridine rings is 1. The highest BCUT2D eigenvalue weighted by atomic mass is 16.5. The maximum absolute atomic E-state index is 12.4. The summed E-state index contributed by atoms with van der Waals surface area (Å²) in [6.45, 7) is 1.10. The van der Waals surface area contributed by atoms with Crippen molar-refractivity contribution in [1.29, 1.82) is 0 Å². The standard InChI is InChI=1S/C24H24N4O2/c1-30-20-12-10-19(11-13-20)24(29)26-16-17-28-22(14-9-18-6-3-2-4-7-18)27-21-8-5-15-25-23(21)28/h2-8,10-13,15H,9,14,16-17H2,1H3,(H,26,29). The topological polar surface area (TPSA) is 69.0 Å². The van der Waals surface area contributed by atoms with Gasteiger partial charge in [-0.2, -0.15) is 0 Å². The second-order valence-corrected chi connectivity index (χ2v) is 7.00. The number of rotatable bonds is 8. The van der Waals surface area contributed by atoms with Crippen molar-refractivity contribution >= 4 is 17.1 Å². The van der Waals surface area contributed by atoms with Gasteiger partial charge in [-0.05, 0) is 48.4 Å². The van der Waals surface area contributed by atoms with Crippen molar-refractivity contribution in [3.63, 3.8) is 0 Å². The molecule has 0 saturated heterocycles. The van der Waals surface area contributed by atoms with Crippen LogP contribution in [-0.2, 0) is 19.4 Å². The van der Waals surface area contributed by atoms with Crippen LogP contribution < -0.4 is 10.1 Å². The van der Waals surface area contributed by atoms with Crippen molar-refractivity contribution < 1.29 is 9.53 Å². The Bertz CT molecular complexity index is 1120. The molecule has 0 unspecified atom stereocenters. The quantitative estimate of drug-likeness (QED) is 0.490. The van der Waals surface area contributed by atoms with Gasteiger partial charge in [0.15, 0.2) is 5.65 Å². The lowest BCUT2D eigenvalue weighted by atomic mass is 10.1. The van der Waals surface area contributed by atoms with Crippen molar-refractivity contribution in [2.24, 2.45) is 0 Å². The molecule has 0 aliphatic carbocycles. The maximum atomic E-state index is 12.4. The molecule has 0 radical (unpaired) electrons. The molecule has 2 aromatic heterocycles. The summed E-state index contributed by atoms with van der Waals surface area (Å²) < 4.78 is 7.24. The first-order valence-corrected chi connectivity index (χ1v) is 10.0. The van der Waals surface area contributed by atoms with Crippen molar-refractivity contribution in [1.82, 2.24) is 19.9 Å². The van der Waals surface area contributed by atoms with E-state index in [1.165, 1.54) is 5.56 Å². The van der Waals surface area contributed by atoms with Gasteiger partial charge in [-0.15, -0.1) is 0 Å². The fourth-order valence-electron chi connectivity index (χ4n) is 3.46. The number of benzene rings is 2. The summed E-state index contributed by atoms with van der Waals surface area (Å²) in [6, 6.07) is 21.3. The molecule has 6 nitrogen and oxygen atoms in total. The van der Waals surface area contributed by atoms with Gasteiger partial charge in [-0.25, -0.2) is 9.97 Å². The SMILES string of the molecule is COc1ccc(C(=O)NCCn2c(CCc3ccccc3)nc3cccnc32)cc1. The summed E-state index contributed by atoms with van der Waals surface area (Å²) in [6.07, 6.45) is 3.49. The molecule has 1 N–H and O–H groups in total. The van der Waals surface area contributed by atoms with Crippen LogP contribution in [0.25, 0.3) is 11.2 Å². The molecule has 0 bridgehead atoms. The zero-order valence-electron chi connectivity index (χ0n) is 16.9. The summed E-state index contributed by atoms with van der Waals surface area (Å²) in [5, 5.41) is 2.98. The van der Waals surface area contributed by atoms with E-state index in [0.29, 0.717) is 18.7 Å². The molecule has 4 rings (SSSR count). The second kappa shape index (κ2) is 9.22. The van der Waals surface area contributed by atoms with Crippen LogP contribution in [0.3, 0.4) is 0 Å². The Morgan fingerprint density at radius 3 is 2.57 bits per heavy atom. The maximum Gasteiger partial charge on any atom is 0.251 e. The van der Waals surface area contributed by atoms with Crippen LogP contribution in [0, 0.1) is 0 Å². The number of hydrogen-bond donors (Lipinski definition) is 1. The van der Waals surface area contributed by atoms with Crippen LogP contribution in [0.4, 0.5) is 0 Å². The van der Waals surface area contributed by atoms with E-state index in [-0.39, 0.29) is 5.91 Å². The van der Waals surface area contributed by atoms with E-state index in [1.54, 1.807) is 37.6 Å². The third-order valence-electron chi connectivity index (χ3n) is 5.04. The number of methoxy groups -OCH3 is 1. The molecule has 0 atom stereocenters. The van der Waals surface area contributed by atoms with Crippen LogP contribution >= 0.6 is 0 Å². The number of imidazole rings is 1. The molecular weight excluding hydrogens is 376 g/mol. The molecule has 2 heterocycles. The van der Waals surface area contributed by atoms with E-state index < -0.39 is 0 Å². The number of carbonyl (C=O) groups excluding carboxylic acids is 1. The Hall–Kier alpha value is -3.67. The van der Waals surface area contributed by atoms with Gasteiger partial charge in [0.2, 0.25) is 0 Å². The summed E-state index contributed by atoms with van der Waals surface area (Å²) in [5.74, 6) is 1.60. The van der Waals surface area contributed by atoms with Crippen molar-refractivity contribution in [3.05, 3.63) is 89.9 Å². The number of amides is 1. The van der Waals surface area contributed by atoms with E-state index in [4.69, 9.17) is 9.72 Å². The monoisotopic (exact) mass is 400 g/mol. The largest absolute Gasteiger partial charge is 0.497 e. The zero-order chi connectivity index (χ0) is 20.8. The minimum absolute atomic E-state index is 0.110. The molecule has 0 aliphatic rings. The Labute approximate surface area is 175 Å². The molecule has 0 saturated carbocycles. The third-order valence-corrected chi connectivity index (χ3v) is 5.04. The van der Waals surface area contributed by atoms with Gasteiger partial charge in [0.1, 0.15) is 17.1 Å². The summed E-state index contributed by atoms with van der Waals surface area (Å²) in [4.78, 5) is 21.7. The molecule has 1 amide bonds. The van der Waals surface area contributed by atoms with Crippen molar-refractivity contribution in [2.75, 3.05) is 13.7 Å². The Morgan fingerprint density at radius 1 is 1.00 bits per heavy atom. The van der Waals surface area contributed by atoms with Gasteiger partial charge in [-0.3, -0.25) is 4.79 Å². The molecular formula is C24H24N4O2. The van der Waals surface area contributed by atoms with Crippen molar-refractivity contribution in [3.8, 4) is 5.75 Å². The van der Waals surface area contributed by atoms with E-state index in [1.807, 2.05) is 18.2 Å². The third kappa shape index (κ3) is 4.49. The highest BCUT2D eigenvalue weighted by Crippen LogP contribution is 2.16. The number of nitrogens with zero attached hydrogens (tertiary/aromatic N) is 3. The minimum Gasteiger partial charge on any atom is -0.497 e. The van der Waals surface area contributed by atoms with Crippen LogP contribution in [0.2, 0.25) is 0 Å².